The minimum atomic E-state index is -0.541. The standard InChI is InChI=1S/C14H16F2N2S/c1-18(8-11-3-5-19-9-11)14-12(15)6-10(2-4-17)7-13(14)16/h3,5-7,9H,2,4,8,17H2,1H3. The summed E-state index contributed by atoms with van der Waals surface area (Å²) >= 11 is 1.57. The third kappa shape index (κ3) is 3.30. The second kappa shape index (κ2) is 6.12. The largest absolute Gasteiger partial charge is 0.365 e. The van der Waals surface area contributed by atoms with E-state index < -0.39 is 11.6 Å². The van der Waals surface area contributed by atoms with Crippen LogP contribution in [0.2, 0.25) is 0 Å². The Morgan fingerprint density at radius 2 is 1.89 bits per heavy atom. The average Bonchev–Trinajstić information content (AvgIpc) is 2.81. The van der Waals surface area contributed by atoms with E-state index in [-0.39, 0.29) is 5.69 Å². The van der Waals surface area contributed by atoms with Gasteiger partial charge in [0.05, 0.1) is 0 Å². The van der Waals surface area contributed by atoms with Crippen LogP contribution in [0.1, 0.15) is 11.1 Å². The third-order valence-electron chi connectivity index (χ3n) is 2.89. The van der Waals surface area contributed by atoms with Gasteiger partial charge in [-0.25, -0.2) is 8.78 Å². The van der Waals surface area contributed by atoms with E-state index in [9.17, 15) is 8.78 Å². The minimum absolute atomic E-state index is 0.00646. The molecule has 5 heteroatoms. The highest BCUT2D eigenvalue weighted by Crippen LogP contribution is 2.26. The maximum Gasteiger partial charge on any atom is 0.149 e. The molecule has 0 bridgehead atoms. The zero-order chi connectivity index (χ0) is 13.8. The van der Waals surface area contributed by atoms with Crippen molar-refractivity contribution >= 4 is 17.0 Å². The highest BCUT2D eigenvalue weighted by Gasteiger charge is 2.15. The topological polar surface area (TPSA) is 29.3 Å². The Balaban J connectivity index is 2.23. The fourth-order valence-electron chi connectivity index (χ4n) is 2.03. The van der Waals surface area contributed by atoms with E-state index in [1.54, 1.807) is 23.3 Å². The van der Waals surface area contributed by atoms with Crippen LogP contribution in [-0.4, -0.2) is 13.6 Å². The van der Waals surface area contributed by atoms with Gasteiger partial charge >= 0.3 is 0 Å². The van der Waals surface area contributed by atoms with Crippen LogP contribution in [0.5, 0.6) is 0 Å². The van der Waals surface area contributed by atoms with Crippen molar-refractivity contribution in [1.82, 2.24) is 0 Å². The molecule has 1 aromatic heterocycles. The van der Waals surface area contributed by atoms with Gasteiger partial charge in [-0.1, -0.05) is 0 Å². The van der Waals surface area contributed by atoms with Gasteiger partial charge in [-0.05, 0) is 53.1 Å². The molecule has 0 radical (unpaired) electrons. The van der Waals surface area contributed by atoms with Crippen molar-refractivity contribution in [3.05, 3.63) is 51.7 Å². The van der Waals surface area contributed by atoms with E-state index >= 15 is 0 Å². The van der Waals surface area contributed by atoms with Gasteiger partial charge in [0.15, 0.2) is 0 Å². The predicted octanol–water partition coefficient (Wildman–Crippen LogP) is 3.16. The molecule has 102 valence electrons. The van der Waals surface area contributed by atoms with Crippen LogP contribution in [0.15, 0.2) is 29.0 Å². The summed E-state index contributed by atoms with van der Waals surface area (Å²) in [7, 11) is 1.68. The zero-order valence-corrected chi connectivity index (χ0v) is 11.5. The summed E-state index contributed by atoms with van der Waals surface area (Å²) in [6.07, 6.45) is 0.475. The lowest BCUT2D eigenvalue weighted by molar-refractivity contribution is 0.573. The molecule has 0 saturated heterocycles. The Morgan fingerprint density at radius 3 is 2.42 bits per heavy atom. The van der Waals surface area contributed by atoms with Gasteiger partial charge in [-0.3, -0.25) is 0 Å². The molecule has 0 amide bonds. The van der Waals surface area contributed by atoms with Crippen LogP contribution in [0.4, 0.5) is 14.5 Å². The van der Waals surface area contributed by atoms with Crippen LogP contribution >= 0.6 is 11.3 Å². The first-order valence-electron chi connectivity index (χ1n) is 6.02. The number of anilines is 1. The van der Waals surface area contributed by atoms with Gasteiger partial charge in [-0.2, -0.15) is 11.3 Å². The fraction of sp³-hybridized carbons (Fsp3) is 0.286. The Morgan fingerprint density at radius 1 is 1.21 bits per heavy atom. The van der Waals surface area contributed by atoms with E-state index in [1.807, 2.05) is 16.8 Å². The number of thiophene rings is 1. The molecule has 2 N–H and O–H groups in total. The Kier molecular flexibility index (Phi) is 4.50. The Labute approximate surface area is 115 Å². The molecule has 0 spiro atoms. The van der Waals surface area contributed by atoms with Gasteiger partial charge in [-0.15, -0.1) is 0 Å². The van der Waals surface area contributed by atoms with Gasteiger partial charge in [0, 0.05) is 13.6 Å². The molecule has 1 heterocycles. The lowest BCUT2D eigenvalue weighted by Crippen LogP contribution is -2.19. The second-order valence-corrected chi connectivity index (χ2v) is 5.21. The van der Waals surface area contributed by atoms with Gasteiger partial charge in [0.2, 0.25) is 0 Å². The SMILES string of the molecule is CN(Cc1ccsc1)c1c(F)cc(CCN)cc1F. The van der Waals surface area contributed by atoms with E-state index in [4.69, 9.17) is 5.73 Å². The van der Waals surface area contributed by atoms with Crippen molar-refractivity contribution < 1.29 is 8.78 Å². The molecule has 0 aliphatic rings. The van der Waals surface area contributed by atoms with Crippen LogP contribution in [-0.2, 0) is 13.0 Å². The predicted molar refractivity (Wildman–Crippen MR) is 75.5 cm³/mol. The molecule has 0 atom stereocenters. The summed E-state index contributed by atoms with van der Waals surface area (Å²) < 4.78 is 28.0. The van der Waals surface area contributed by atoms with Crippen molar-refractivity contribution in [1.29, 1.82) is 0 Å². The lowest BCUT2D eigenvalue weighted by Gasteiger charge is -2.20. The summed E-state index contributed by atoms with van der Waals surface area (Å²) in [5.41, 5.74) is 7.03. The summed E-state index contributed by atoms with van der Waals surface area (Å²) in [5.74, 6) is -1.08. The van der Waals surface area contributed by atoms with E-state index in [2.05, 4.69) is 0 Å². The van der Waals surface area contributed by atoms with Gasteiger partial charge in [0.25, 0.3) is 0 Å². The number of rotatable bonds is 5. The Hall–Kier alpha value is -1.46. The number of hydrogen-bond acceptors (Lipinski definition) is 3. The smallest absolute Gasteiger partial charge is 0.149 e. The number of benzene rings is 1. The molecule has 1 aromatic carbocycles. The molecule has 2 rings (SSSR count). The van der Waals surface area contributed by atoms with Crippen LogP contribution < -0.4 is 10.6 Å². The highest BCUT2D eigenvalue weighted by molar-refractivity contribution is 7.07. The van der Waals surface area contributed by atoms with E-state index in [1.165, 1.54) is 12.1 Å². The van der Waals surface area contributed by atoms with Crippen molar-refractivity contribution in [3.8, 4) is 0 Å². The molecular weight excluding hydrogens is 266 g/mol. The van der Waals surface area contributed by atoms with Gasteiger partial charge in [0.1, 0.15) is 17.3 Å². The summed E-state index contributed by atoms with van der Waals surface area (Å²) in [5, 5.41) is 3.91. The van der Waals surface area contributed by atoms with Crippen LogP contribution in [0.25, 0.3) is 0 Å². The molecule has 0 aliphatic heterocycles. The zero-order valence-electron chi connectivity index (χ0n) is 10.7. The Bertz CT molecular complexity index is 517. The maximum absolute atomic E-state index is 14.0. The minimum Gasteiger partial charge on any atom is -0.365 e. The van der Waals surface area contributed by atoms with E-state index in [0.29, 0.717) is 25.1 Å². The average molecular weight is 282 g/mol. The molecule has 0 saturated carbocycles. The monoisotopic (exact) mass is 282 g/mol. The van der Waals surface area contributed by atoms with Gasteiger partial charge < -0.3 is 10.6 Å². The highest BCUT2D eigenvalue weighted by atomic mass is 32.1. The number of hydrogen-bond donors (Lipinski definition) is 1. The first-order valence-corrected chi connectivity index (χ1v) is 6.96. The number of halogens is 2. The normalized spacial score (nSPS) is 10.7. The number of nitrogens with zero attached hydrogens (tertiary/aromatic N) is 1. The summed E-state index contributed by atoms with van der Waals surface area (Å²) in [4.78, 5) is 1.58. The molecule has 0 aliphatic carbocycles. The summed E-state index contributed by atoms with van der Waals surface area (Å²) in [6, 6.07) is 4.66. The molecule has 0 fully saturated rings. The molecule has 2 nitrogen and oxygen atoms in total. The quantitative estimate of drug-likeness (QED) is 0.912. The van der Waals surface area contributed by atoms with Crippen LogP contribution in [0.3, 0.4) is 0 Å². The first kappa shape index (κ1) is 14.0. The van der Waals surface area contributed by atoms with Crippen LogP contribution in [0, 0.1) is 11.6 Å². The maximum atomic E-state index is 14.0. The molecule has 19 heavy (non-hydrogen) atoms. The third-order valence-corrected chi connectivity index (χ3v) is 3.62. The van der Waals surface area contributed by atoms with Crippen molar-refractivity contribution in [2.45, 2.75) is 13.0 Å². The molecule has 2 aromatic rings. The number of nitrogens with two attached hydrogens (primary N) is 1. The first-order chi connectivity index (χ1) is 9.11. The van der Waals surface area contributed by atoms with Crippen molar-refractivity contribution in [2.75, 3.05) is 18.5 Å². The fourth-order valence-corrected chi connectivity index (χ4v) is 2.69. The summed E-state index contributed by atoms with van der Waals surface area (Å²) in [6.45, 7) is 0.858. The van der Waals surface area contributed by atoms with Crippen molar-refractivity contribution in [2.24, 2.45) is 5.73 Å². The van der Waals surface area contributed by atoms with E-state index in [0.717, 1.165) is 5.56 Å². The molecule has 0 unspecified atom stereocenters. The lowest BCUT2D eigenvalue weighted by atomic mass is 10.1. The van der Waals surface area contributed by atoms with Crippen molar-refractivity contribution in [3.63, 3.8) is 0 Å². The second-order valence-electron chi connectivity index (χ2n) is 4.43. The molecular formula is C14H16F2N2S.